The summed E-state index contributed by atoms with van der Waals surface area (Å²) in [4.78, 5) is 13.8. The Balaban J connectivity index is 1.49. The number of hydrogen-bond acceptors (Lipinski definition) is 7. The molecule has 1 fully saturated rings. The van der Waals surface area contributed by atoms with Crippen molar-refractivity contribution in [1.82, 2.24) is 19.8 Å². The Labute approximate surface area is 193 Å². The molecule has 2 aromatic rings. The largest absolute Gasteiger partial charge is 0.494 e. The fourth-order valence-electron chi connectivity index (χ4n) is 4.01. The highest BCUT2D eigenvalue weighted by atomic mass is 16.5. The smallest absolute Gasteiger partial charge is 0.222 e. The minimum absolute atomic E-state index is 0.324. The Hall–Kier alpha value is -2.38. The summed E-state index contributed by atoms with van der Waals surface area (Å²) < 4.78 is 5.97. The predicted molar refractivity (Wildman–Crippen MR) is 132 cm³/mol. The van der Waals surface area contributed by atoms with Gasteiger partial charge in [0.1, 0.15) is 11.6 Å². The maximum Gasteiger partial charge on any atom is 0.222 e. The quantitative estimate of drug-likeness (QED) is 0.488. The van der Waals surface area contributed by atoms with Crippen LogP contribution in [0.1, 0.15) is 49.4 Å². The standard InChI is InChI=1S/C25H40N6O/c1-4-5-6-12-27-24-23(20(2)28-25(26)29-24)19-21-8-10-22(11-9-21)32-18-7-13-31-16-14-30(3)15-17-31/h8-11H,4-7,12-19H2,1-3H3,(H3,26,27,28,29). The highest BCUT2D eigenvalue weighted by Crippen LogP contribution is 2.23. The molecular formula is C25H40N6O. The number of anilines is 2. The van der Waals surface area contributed by atoms with E-state index in [-0.39, 0.29) is 0 Å². The normalized spacial score (nSPS) is 15.1. The van der Waals surface area contributed by atoms with Crippen LogP contribution >= 0.6 is 0 Å². The molecule has 2 heterocycles. The van der Waals surface area contributed by atoms with Crippen LogP contribution in [0.25, 0.3) is 0 Å². The van der Waals surface area contributed by atoms with Crippen LogP contribution in [0.15, 0.2) is 24.3 Å². The minimum Gasteiger partial charge on any atom is -0.494 e. The second-order valence-electron chi connectivity index (χ2n) is 8.80. The van der Waals surface area contributed by atoms with Crippen molar-refractivity contribution in [3.8, 4) is 5.75 Å². The van der Waals surface area contributed by atoms with Crippen molar-refractivity contribution >= 4 is 11.8 Å². The molecule has 3 rings (SSSR count). The summed E-state index contributed by atoms with van der Waals surface area (Å²) in [6.07, 6.45) is 5.36. The van der Waals surface area contributed by atoms with Gasteiger partial charge in [-0.3, -0.25) is 0 Å². The number of rotatable bonds is 12. The van der Waals surface area contributed by atoms with Gasteiger partial charge < -0.3 is 25.6 Å². The summed E-state index contributed by atoms with van der Waals surface area (Å²) in [5, 5.41) is 3.46. The van der Waals surface area contributed by atoms with E-state index in [4.69, 9.17) is 10.5 Å². The summed E-state index contributed by atoms with van der Waals surface area (Å²) >= 11 is 0. The number of piperazine rings is 1. The zero-order chi connectivity index (χ0) is 22.8. The maximum atomic E-state index is 5.97. The molecule has 7 nitrogen and oxygen atoms in total. The molecule has 1 aromatic carbocycles. The number of benzene rings is 1. The van der Waals surface area contributed by atoms with Crippen LogP contribution in [-0.2, 0) is 6.42 Å². The number of nitrogens with two attached hydrogens (primary N) is 1. The van der Waals surface area contributed by atoms with Crippen molar-refractivity contribution in [2.24, 2.45) is 0 Å². The molecule has 3 N–H and O–H groups in total. The van der Waals surface area contributed by atoms with Gasteiger partial charge in [-0.2, -0.15) is 4.98 Å². The number of nitrogens with one attached hydrogen (secondary N) is 1. The van der Waals surface area contributed by atoms with Crippen LogP contribution in [0, 0.1) is 6.92 Å². The molecule has 0 spiro atoms. The summed E-state index contributed by atoms with van der Waals surface area (Å²) in [6, 6.07) is 8.39. The lowest BCUT2D eigenvalue weighted by atomic mass is 10.0. The second kappa shape index (κ2) is 12.6. The number of nitrogens with zero attached hydrogens (tertiary/aromatic N) is 4. The van der Waals surface area contributed by atoms with Gasteiger partial charge in [0, 0.05) is 56.9 Å². The van der Waals surface area contributed by atoms with E-state index in [0.717, 1.165) is 88.0 Å². The van der Waals surface area contributed by atoms with Crippen LogP contribution in [0.2, 0.25) is 0 Å². The zero-order valence-electron chi connectivity index (χ0n) is 20.1. The van der Waals surface area contributed by atoms with Gasteiger partial charge in [0.2, 0.25) is 5.95 Å². The molecule has 7 heteroatoms. The number of aromatic nitrogens is 2. The van der Waals surface area contributed by atoms with E-state index in [0.29, 0.717) is 5.95 Å². The predicted octanol–water partition coefficient (Wildman–Crippen LogP) is 3.58. The molecule has 1 aliphatic heterocycles. The van der Waals surface area contributed by atoms with Gasteiger partial charge in [0.15, 0.2) is 0 Å². The molecular weight excluding hydrogens is 400 g/mol. The fourth-order valence-corrected chi connectivity index (χ4v) is 4.01. The van der Waals surface area contributed by atoms with Gasteiger partial charge in [-0.1, -0.05) is 31.9 Å². The highest BCUT2D eigenvalue weighted by Gasteiger charge is 2.13. The number of likely N-dealkylation sites (N-methyl/N-ethyl adjacent to an activating group) is 1. The Bertz CT molecular complexity index is 818. The average molecular weight is 441 g/mol. The second-order valence-corrected chi connectivity index (χ2v) is 8.80. The summed E-state index contributed by atoms with van der Waals surface area (Å²) in [6.45, 7) is 11.6. The van der Waals surface area contributed by atoms with Gasteiger partial charge in [-0.25, -0.2) is 4.98 Å². The molecule has 1 aliphatic rings. The third-order valence-electron chi connectivity index (χ3n) is 6.09. The Morgan fingerprint density at radius 1 is 1.03 bits per heavy atom. The van der Waals surface area contributed by atoms with E-state index >= 15 is 0 Å². The van der Waals surface area contributed by atoms with Gasteiger partial charge >= 0.3 is 0 Å². The highest BCUT2D eigenvalue weighted by molar-refractivity contribution is 5.51. The molecule has 0 aliphatic carbocycles. The molecule has 1 aromatic heterocycles. The Kier molecular flexibility index (Phi) is 9.56. The molecule has 1 saturated heterocycles. The van der Waals surface area contributed by atoms with E-state index in [1.54, 1.807) is 0 Å². The molecule has 176 valence electrons. The van der Waals surface area contributed by atoms with Crippen LogP contribution in [0.5, 0.6) is 5.75 Å². The molecule has 0 saturated carbocycles. The van der Waals surface area contributed by atoms with Crippen molar-refractivity contribution in [3.05, 3.63) is 41.1 Å². The van der Waals surface area contributed by atoms with Crippen LogP contribution < -0.4 is 15.8 Å². The molecule has 32 heavy (non-hydrogen) atoms. The topological polar surface area (TPSA) is 79.5 Å². The summed E-state index contributed by atoms with van der Waals surface area (Å²) in [5.74, 6) is 2.11. The summed E-state index contributed by atoms with van der Waals surface area (Å²) in [7, 11) is 2.19. The van der Waals surface area contributed by atoms with E-state index < -0.39 is 0 Å². The molecule has 0 amide bonds. The fraction of sp³-hybridized carbons (Fsp3) is 0.600. The first-order valence-corrected chi connectivity index (χ1v) is 12.0. The first kappa shape index (κ1) is 24.3. The number of nitrogen functional groups attached to an aromatic ring is 1. The van der Waals surface area contributed by atoms with E-state index in [9.17, 15) is 0 Å². The molecule has 0 atom stereocenters. The minimum atomic E-state index is 0.324. The van der Waals surface area contributed by atoms with E-state index in [1.165, 1.54) is 18.4 Å². The number of aryl methyl sites for hydroxylation is 1. The van der Waals surface area contributed by atoms with E-state index in [2.05, 4.69) is 63.3 Å². The van der Waals surface area contributed by atoms with Crippen molar-refractivity contribution < 1.29 is 4.74 Å². The number of ether oxygens (including phenoxy) is 1. The molecule has 0 bridgehead atoms. The third-order valence-corrected chi connectivity index (χ3v) is 6.09. The molecule has 0 radical (unpaired) electrons. The third kappa shape index (κ3) is 7.64. The van der Waals surface area contributed by atoms with Crippen LogP contribution in [0.4, 0.5) is 11.8 Å². The zero-order valence-corrected chi connectivity index (χ0v) is 20.1. The lowest BCUT2D eigenvalue weighted by Gasteiger charge is -2.32. The SMILES string of the molecule is CCCCCNc1nc(N)nc(C)c1Cc1ccc(OCCCN2CCN(C)CC2)cc1. The van der Waals surface area contributed by atoms with Crippen molar-refractivity contribution in [3.63, 3.8) is 0 Å². The van der Waals surface area contributed by atoms with Crippen LogP contribution in [-0.4, -0.2) is 72.7 Å². The van der Waals surface area contributed by atoms with Crippen molar-refractivity contribution in [2.45, 2.75) is 46.0 Å². The van der Waals surface area contributed by atoms with Crippen LogP contribution in [0.3, 0.4) is 0 Å². The maximum absolute atomic E-state index is 5.97. The van der Waals surface area contributed by atoms with Gasteiger partial charge in [0.05, 0.1) is 6.61 Å². The summed E-state index contributed by atoms with van der Waals surface area (Å²) in [5.41, 5.74) is 9.15. The average Bonchev–Trinajstić information content (AvgIpc) is 2.78. The van der Waals surface area contributed by atoms with Gasteiger partial charge in [0.25, 0.3) is 0 Å². The molecule has 0 unspecified atom stereocenters. The lowest BCUT2D eigenvalue weighted by Crippen LogP contribution is -2.44. The first-order chi connectivity index (χ1) is 15.5. The Morgan fingerprint density at radius 3 is 2.50 bits per heavy atom. The van der Waals surface area contributed by atoms with E-state index in [1.807, 2.05) is 6.92 Å². The van der Waals surface area contributed by atoms with Gasteiger partial charge in [-0.15, -0.1) is 0 Å². The Morgan fingerprint density at radius 2 is 1.78 bits per heavy atom. The van der Waals surface area contributed by atoms with Gasteiger partial charge in [-0.05, 0) is 44.5 Å². The van der Waals surface area contributed by atoms with Crippen molar-refractivity contribution in [2.75, 3.05) is 64.0 Å². The number of hydrogen-bond donors (Lipinski definition) is 2. The monoisotopic (exact) mass is 440 g/mol. The van der Waals surface area contributed by atoms with Crippen molar-refractivity contribution in [1.29, 1.82) is 0 Å². The number of unbranched alkanes of at least 4 members (excludes halogenated alkanes) is 2. The lowest BCUT2D eigenvalue weighted by molar-refractivity contribution is 0.145. The first-order valence-electron chi connectivity index (χ1n) is 12.0.